The van der Waals surface area contributed by atoms with E-state index in [1.165, 1.54) is 11.0 Å². The first-order valence-corrected chi connectivity index (χ1v) is 8.63. The molecule has 1 N–H and O–H groups in total. The van der Waals surface area contributed by atoms with E-state index in [9.17, 15) is 14.4 Å². The van der Waals surface area contributed by atoms with Gasteiger partial charge in [-0.1, -0.05) is 12.1 Å². The third kappa shape index (κ3) is 3.13. The Morgan fingerprint density at radius 1 is 1.07 bits per heavy atom. The standard InChI is InChI=1S/C19H16N6O3/c1-12-10-13(6-7-16(12)25-11-20-22-23-25)21-17(26)8-9-24-18(27)14-4-2-3-5-15(14)19(24)28/h2-7,10-11H,8-9H2,1H3,(H,21,26). The van der Waals surface area contributed by atoms with E-state index in [4.69, 9.17) is 0 Å². The summed E-state index contributed by atoms with van der Waals surface area (Å²) in [6.07, 6.45) is 1.50. The van der Waals surface area contributed by atoms with E-state index in [-0.39, 0.29) is 30.7 Å². The van der Waals surface area contributed by atoms with Gasteiger partial charge in [-0.2, -0.15) is 0 Å². The molecule has 0 saturated heterocycles. The number of hydrogen-bond donors (Lipinski definition) is 1. The summed E-state index contributed by atoms with van der Waals surface area (Å²) in [4.78, 5) is 38.0. The van der Waals surface area contributed by atoms with Crippen molar-refractivity contribution < 1.29 is 14.4 Å². The number of benzene rings is 2. The molecule has 0 bridgehead atoms. The molecule has 0 spiro atoms. The van der Waals surface area contributed by atoms with Crippen LogP contribution in [0.1, 0.15) is 32.7 Å². The van der Waals surface area contributed by atoms with E-state index in [2.05, 4.69) is 20.8 Å². The molecule has 3 amide bonds. The minimum absolute atomic E-state index is 0.0132. The molecule has 0 saturated carbocycles. The zero-order chi connectivity index (χ0) is 19.7. The Balaban J connectivity index is 1.39. The summed E-state index contributed by atoms with van der Waals surface area (Å²) < 4.78 is 1.53. The van der Waals surface area contributed by atoms with E-state index >= 15 is 0 Å². The third-order valence-corrected chi connectivity index (χ3v) is 4.52. The number of tetrazole rings is 1. The van der Waals surface area contributed by atoms with Crippen molar-refractivity contribution in [2.24, 2.45) is 0 Å². The monoisotopic (exact) mass is 376 g/mol. The lowest BCUT2D eigenvalue weighted by Crippen LogP contribution is -2.32. The summed E-state index contributed by atoms with van der Waals surface area (Å²) in [6, 6.07) is 12.0. The topological polar surface area (TPSA) is 110 Å². The highest BCUT2D eigenvalue weighted by molar-refractivity contribution is 6.21. The number of anilines is 1. The van der Waals surface area contributed by atoms with Crippen LogP contribution in [0.25, 0.3) is 5.69 Å². The SMILES string of the molecule is Cc1cc(NC(=O)CCN2C(=O)c3ccccc3C2=O)ccc1-n1cnnn1. The smallest absolute Gasteiger partial charge is 0.261 e. The van der Waals surface area contributed by atoms with Crippen LogP contribution in [0.3, 0.4) is 0 Å². The van der Waals surface area contributed by atoms with E-state index < -0.39 is 0 Å². The van der Waals surface area contributed by atoms with Gasteiger partial charge in [-0.15, -0.1) is 5.10 Å². The normalized spacial score (nSPS) is 13.0. The number of rotatable bonds is 5. The van der Waals surface area contributed by atoms with E-state index in [0.29, 0.717) is 16.8 Å². The number of nitrogens with zero attached hydrogens (tertiary/aromatic N) is 5. The minimum Gasteiger partial charge on any atom is -0.326 e. The van der Waals surface area contributed by atoms with Crippen LogP contribution in [-0.2, 0) is 4.79 Å². The van der Waals surface area contributed by atoms with Gasteiger partial charge in [0.05, 0.1) is 16.8 Å². The lowest BCUT2D eigenvalue weighted by Gasteiger charge is -2.14. The van der Waals surface area contributed by atoms with Crippen molar-refractivity contribution in [3.63, 3.8) is 0 Å². The largest absolute Gasteiger partial charge is 0.326 e. The van der Waals surface area contributed by atoms with E-state index in [1.54, 1.807) is 42.5 Å². The number of hydrogen-bond acceptors (Lipinski definition) is 6. The number of fused-ring (bicyclic) bond motifs is 1. The number of carbonyl (C=O) groups excluding carboxylic acids is 3. The zero-order valence-corrected chi connectivity index (χ0v) is 15.0. The highest BCUT2D eigenvalue weighted by atomic mass is 16.2. The molecular formula is C19H16N6O3. The molecule has 0 radical (unpaired) electrons. The van der Waals surface area contributed by atoms with Crippen molar-refractivity contribution in [3.8, 4) is 5.69 Å². The first-order valence-electron chi connectivity index (χ1n) is 8.63. The van der Waals surface area contributed by atoms with Crippen molar-refractivity contribution in [1.29, 1.82) is 0 Å². The lowest BCUT2D eigenvalue weighted by atomic mass is 10.1. The molecule has 1 aliphatic rings. The third-order valence-electron chi connectivity index (χ3n) is 4.52. The van der Waals surface area contributed by atoms with Crippen LogP contribution in [0.2, 0.25) is 0 Å². The summed E-state index contributed by atoms with van der Waals surface area (Å²) >= 11 is 0. The second kappa shape index (κ2) is 7.03. The molecule has 28 heavy (non-hydrogen) atoms. The maximum Gasteiger partial charge on any atom is 0.261 e. The van der Waals surface area contributed by atoms with Crippen molar-refractivity contribution in [2.75, 3.05) is 11.9 Å². The van der Waals surface area contributed by atoms with Gasteiger partial charge in [0.2, 0.25) is 5.91 Å². The molecule has 0 atom stereocenters. The Morgan fingerprint density at radius 2 is 1.79 bits per heavy atom. The van der Waals surface area contributed by atoms with Crippen LogP contribution in [0.4, 0.5) is 5.69 Å². The van der Waals surface area contributed by atoms with Gasteiger partial charge < -0.3 is 5.32 Å². The van der Waals surface area contributed by atoms with Crippen LogP contribution < -0.4 is 5.32 Å². The second-order valence-corrected chi connectivity index (χ2v) is 6.36. The Kier molecular flexibility index (Phi) is 4.40. The van der Waals surface area contributed by atoms with Gasteiger partial charge in [0.15, 0.2) is 0 Å². The predicted octanol–water partition coefficient (Wildman–Crippen LogP) is 1.60. The predicted molar refractivity (Wildman–Crippen MR) is 98.9 cm³/mol. The lowest BCUT2D eigenvalue weighted by molar-refractivity contribution is -0.116. The molecule has 9 heteroatoms. The van der Waals surface area contributed by atoms with Crippen LogP contribution in [0.15, 0.2) is 48.8 Å². The number of amides is 3. The zero-order valence-electron chi connectivity index (χ0n) is 15.0. The molecule has 0 aliphatic carbocycles. The first-order chi connectivity index (χ1) is 13.5. The Hall–Kier alpha value is -3.88. The summed E-state index contributed by atoms with van der Waals surface area (Å²) in [5.74, 6) is -1.02. The molecule has 1 aromatic heterocycles. The molecule has 1 aliphatic heterocycles. The molecule has 2 aromatic carbocycles. The summed E-state index contributed by atoms with van der Waals surface area (Å²) in [5, 5.41) is 13.8. The fourth-order valence-corrected chi connectivity index (χ4v) is 3.14. The average Bonchev–Trinajstić information content (AvgIpc) is 3.29. The number of carbonyl (C=O) groups is 3. The average molecular weight is 376 g/mol. The Labute approximate surface area is 160 Å². The van der Waals surface area contributed by atoms with Crippen molar-refractivity contribution in [2.45, 2.75) is 13.3 Å². The number of imide groups is 1. The molecule has 9 nitrogen and oxygen atoms in total. The Bertz CT molecular complexity index is 1040. The van der Waals surface area contributed by atoms with Gasteiger partial charge in [0.25, 0.3) is 11.8 Å². The maximum absolute atomic E-state index is 12.3. The van der Waals surface area contributed by atoms with Gasteiger partial charge >= 0.3 is 0 Å². The highest BCUT2D eigenvalue weighted by Gasteiger charge is 2.34. The van der Waals surface area contributed by atoms with E-state index in [0.717, 1.165) is 16.2 Å². The van der Waals surface area contributed by atoms with Crippen LogP contribution in [0, 0.1) is 6.92 Å². The van der Waals surface area contributed by atoms with Crippen LogP contribution in [0.5, 0.6) is 0 Å². The molecule has 2 heterocycles. The summed E-state index contributed by atoms with van der Waals surface area (Å²) in [5.41, 5.74) is 3.05. The molecule has 140 valence electrons. The number of nitrogens with one attached hydrogen (secondary N) is 1. The fraction of sp³-hybridized carbons (Fsp3) is 0.158. The molecule has 0 unspecified atom stereocenters. The van der Waals surface area contributed by atoms with Crippen molar-refractivity contribution in [3.05, 3.63) is 65.5 Å². The van der Waals surface area contributed by atoms with E-state index in [1.807, 2.05) is 6.92 Å². The van der Waals surface area contributed by atoms with Gasteiger partial charge in [-0.3, -0.25) is 19.3 Å². The fourth-order valence-electron chi connectivity index (χ4n) is 3.14. The Morgan fingerprint density at radius 3 is 2.39 bits per heavy atom. The number of aromatic nitrogens is 4. The molecule has 3 aromatic rings. The number of aryl methyl sites for hydroxylation is 1. The minimum atomic E-state index is -0.366. The summed E-state index contributed by atoms with van der Waals surface area (Å²) in [7, 11) is 0. The summed E-state index contributed by atoms with van der Waals surface area (Å²) in [6.45, 7) is 1.91. The van der Waals surface area contributed by atoms with Gasteiger partial charge in [0.1, 0.15) is 6.33 Å². The van der Waals surface area contributed by atoms with Crippen molar-refractivity contribution in [1.82, 2.24) is 25.1 Å². The van der Waals surface area contributed by atoms with Gasteiger partial charge in [-0.25, -0.2) is 4.68 Å². The molecular weight excluding hydrogens is 360 g/mol. The molecule has 4 rings (SSSR count). The van der Waals surface area contributed by atoms with Gasteiger partial charge in [0, 0.05) is 18.7 Å². The molecule has 0 fully saturated rings. The van der Waals surface area contributed by atoms with Gasteiger partial charge in [-0.05, 0) is 53.2 Å². The second-order valence-electron chi connectivity index (χ2n) is 6.36. The maximum atomic E-state index is 12.3. The quantitative estimate of drug-likeness (QED) is 0.677. The first kappa shape index (κ1) is 17.5. The highest BCUT2D eigenvalue weighted by Crippen LogP contribution is 2.23. The van der Waals surface area contributed by atoms with Crippen LogP contribution in [-0.4, -0.2) is 49.4 Å². The van der Waals surface area contributed by atoms with Crippen molar-refractivity contribution >= 4 is 23.4 Å². The van der Waals surface area contributed by atoms with Crippen LogP contribution >= 0.6 is 0 Å².